The molecule has 2 saturated carbocycles. The SMILES string of the molecule is CCN(C)c1cc2cc(OC)ccc2c(OC2CC3C(=O)NC4(C(=O)NS(=O)(=O)C5(CF)CC5)CC4C=CCCC(C)CC(C)C(NC(=O)OC(C)(C)C)C(=O)N3C2)n1. The van der Waals surface area contributed by atoms with E-state index in [0.717, 1.165) is 11.8 Å². The van der Waals surface area contributed by atoms with Crippen molar-refractivity contribution in [3.63, 3.8) is 0 Å². The number of sulfonamides is 1. The number of carbonyl (C=O) groups excluding carboxylic acids is 4. The number of nitrogens with one attached hydrogen (secondary N) is 3. The molecule has 1 aromatic carbocycles. The second-order valence-electron chi connectivity index (χ2n) is 17.8. The van der Waals surface area contributed by atoms with Gasteiger partial charge in [-0.25, -0.2) is 17.6 Å². The van der Waals surface area contributed by atoms with Crippen molar-refractivity contribution in [2.75, 3.05) is 38.8 Å². The number of hydrogen-bond donors (Lipinski definition) is 3. The lowest BCUT2D eigenvalue weighted by atomic mass is 9.88. The number of rotatable bonds is 10. The molecule has 4 amide bonds. The number of anilines is 1. The minimum atomic E-state index is -4.40. The highest BCUT2D eigenvalue weighted by molar-refractivity contribution is 7.91. The molecule has 0 bridgehead atoms. The molecule has 324 valence electrons. The number of fused-ring (bicyclic) bond motifs is 3. The van der Waals surface area contributed by atoms with Crippen molar-refractivity contribution in [3.05, 3.63) is 36.4 Å². The van der Waals surface area contributed by atoms with E-state index in [-0.39, 0.29) is 49.9 Å². The van der Waals surface area contributed by atoms with Gasteiger partial charge in [0.25, 0.3) is 5.91 Å². The van der Waals surface area contributed by atoms with Gasteiger partial charge in [-0.1, -0.05) is 26.0 Å². The summed E-state index contributed by atoms with van der Waals surface area (Å²) in [5.74, 6) is -1.47. The summed E-state index contributed by atoms with van der Waals surface area (Å²) < 4.78 is 58.5. The predicted octanol–water partition coefficient (Wildman–Crippen LogP) is 4.78. The Hall–Kier alpha value is -4.67. The lowest BCUT2D eigenvalue weighted by Crippen LogP contribution is -2.59. The number of hydrogen-bond acceptors (Lipinski definition) is 11. The van der Waals surface area contributed by atoms with E-state index in [0.29, 0.717) is 36.3 Å². The normalized spacial score (nSPS) is 28.3. The van der Waals surface area contributed by atoms with Gasteiger partial charge in [-0.3, -0.25) is 19.1 Å². The molecule has 3 fully saturated rings. The Morgan fingerprint density at radius 3 is 2.51 bits per heavy atom. The summed E-state index contributed by atoms with van der Waals surface area (Å²) in [5, 5.41) is 7.13. The minimum Gasteiger partial charge on any atom is -0.497 e. The summed E-state index contributed by atoms with van der Waals surface area (Å²) in [6.45, 7) is 10.5. The van der Waals surface area contributed by atoms with Crippen LogP contribution in [0.1, 0.15) is 86.5 Å². The first kappa shape index (κ1) is 43.9. The van der Waals surface area contributed by atoms with Crippen LogP contribution >= 0.6 is 0 Å². The Morgan fingerprint density at radius 1 is 1.14 bits per heavy atom. The highest BCUT2D eigenvalue weighted by atomic mass is 32.2. The third-order valence-electron chi connectivity index (χ3n) is 12.1. The molecule has 15 nitrogen and oxygen atoms in total. The summed E-state index contributed by atoms with van der Waals surface area (Å²) >= 11 is 0. The van der Waals surface area contributed by atoms with Gasteiger partial charge in [0, 0.05) is 31.3 Å². The molecule has 2 aliphatic heterocycles. The first-order valence-electron chi connectivity index (χ1n) is 20.5. The molecule has 7 unspecified atom stereocenters. The fourth-order valence-corrected chi connectivity index (χ4v) is 9.53. The molecule has 3 N–H and O–H groups in total. The Kier molecular flexibility index (Phi) is 12.5. The average molecular weight is 843 g/mol. The molecule has 59 heavy (non-hydrogen) atoms. The van der Waals surface area contributed by atoms with Gasteiger partial charge in [-0.2, -0.15) is 4.98 Å². The smallest absolute Gasteiger partial charge is 0.408 e. The van der Waals surface area contributed by atoms with E-state index in [1.165, 1.54) is 4.90 Å². The quantitative estimate of drug-likeness (QED) is 0.280. The van der Waals surface area contributed by atoms with Crippen molar-refractivity contribution in [2.45, 2.75) is 121 Å². The van der Waals surface area contributed by atoms with E-state index in [2.05, 4.69) is 22.3 Å². The van der Waals surface area contributed by atoms with E-state index in [9.17, 15) is 32.0 Å². The van der Waals surface area contributed by atoms with Crippen LogP contribution in [0.4, 0.5) is 15.0 Å². The zero-order valence-electron chi connectivity index (χ0n) is 35.3. The molecular weight excluding hydrogens is 784 g/mol. The fraction of sp³-hybridized carbons (Fsp3) is 0.643. The van der Waals surface area contributed by atoms with Crippen LogP contribution in [0.15, 0.2) is 36.4 Å². The van der Waals surface area contributed by atoms with Gasteiger partial charge >= 0.3 is 6.09 Å². The van der Waals surface area contributed by atoms with Gasteiger partial charge in [-0.15, -0.1) is 0 Å². The number of ether oxygens (including phenoxy) is 3. The summed E-state index contributed by atoms with van der Waals surface area (Å²) in [4.78, 5) is 65.0. The van der Waals surface area contributed by atoms with Crippen LogP contribution in [0.2, 0.25) is 0 Å². The maximum Gasteiger partial charge on any atom is 0.408 e. The van der Waals surface area contributed by atoms with Crippen LogP contribution in [0, 0.1) is 17.8 Å². The summed E-state index contributed by atoms with van der Waals surface area (Å²) in [6.07, 6.45) is 4.32. The standard InChI is InChI=1S/C42H59FN6O9S/c1-9-48(7)33-20-27-19-29(56-8)14-15-31(27)36(44-33)57-30-21-32-35(50)46-42(38(52)47-59(54,55)41(24-43)16-17-41)22-28(42)13-11-10-12-25(2)18-26(3)34(37(51)49(32)23-30)45-39(53)58-40(4,5)6/h11,13-15,19-20,25-26,28,30,32,34H,9-10,12,16-18,21-24H2,1-8H3,(H,45,53)(H,46,50)(H,47,52). The summed E-state index contributed by atoms with van der Waals surface area (Å²) in [5.41, 5.74) is -2.51. The third kappa shape index (κ3) is 9.39. The molecule has 0 spiro atoms. The number of amides is 4. The highest BCUT2D eigenvalue weighted by Gasteiger charge is 2.64. The zero-order valence-corrected chi connectivity index (χ0v) is 36.1. The third-order valence-corrected chi connectivity index (χ3v) is 14.2. The fourth-order valence-electron chi connectivity index (χ4n) is 8.11. The van der Waals surface area contributed by atoms with E-state index < -0.39 is 80.5 Å². The number of alkyl halides is 1. The van der Waals surface area contributed by atoms with Crippen molar-refractivity contribution in [2.24, 2.45) is 17.8 Å². The molecular formula is C42H59FN6O9S. The molecule has 1 aromatic heterocycles. The molecule has 4 aliphatic rings. The van der Waals surface area contributed by atoms with Gasteiger partial charge < -0.3 is 34.6 Å². The van der Waals surface area contributed by atoms with Gasteiger partial charge in [0.15, 0.2) is 0 Å². The van der Waals surface area contributed by atoms with Crippen LogP contribution in [-0.2, 0) is 29.1 Å². The van der Waals surface area contributed by atoms with E-state index in [4.69, 9.17) is 19.2 Å². The van der Waals surface area contributed by atoms with Gasteiger partial charge in [-0.05, 0) is 108 Å². The van der Waals surface area contributed by atoms with E-state index in [1.807, 2.05) is 56.1 Å². The van der Waals surface area contributed by atoms with Crippen molar-refractivity contribution in [1.29, 1.82) is 0 Å². The molecule has 17 heteroatoms. The number of pyridine rings is 1. The van der Waals surface area contributed by atoms with Crippen molar-refractivity contribution < 1.29 is 46.2 Å². The molecule has 3 heterocycles. The first-order chi connectivity index (χ1) is 27.7. The Balaban J connectivity index is 1.38. The number of methoxy groups -OCH3 is 1. The van der Waals surface area contributed by atoms with Crippen LogP contribution in [0.3, 0.4) is 0 Å². The highest BCUT2D eigenvalue weighted by Crippen LogP contribution is 2.48. The molecule has 7 atom stereocenters. The number of alkyl carbamates (subject to hydrolysis) is 1. The van der Waals surface area contributed by atoms with Gasteiger partial charge in [0.2, 0.25) is 27.7 Å². The number of nitrogens with zero attached hydrogens (tertiary/aromatic N) is 3. The van der Waals surface area contributed by atoms with Crippen LogP contribution in [-0.4, -0.2) is 110 Å². The Bertz CT molecular complexity index is 2090. The lowest BCUT2D eigenvalue weighted by Gasteiger charge is -2.33. The molecule has 2 aromatic rings. The summed E-state index contributed by atoms with van der Waals surface area (Å²) in [6, 6.07) is 5.10. The van der Waals surface area contributed by atoms with Gasteiger partial charge in [0.05, 0.1) is 13.7 Å². The largest absolute Gasteiger partial charge is 0.497 e. The second kappa shape index (κ2) is 16.8. The molecule has 6 rings (SSSR count). The van der Waals surface area contributed by atoms with Gasteiger partial charge in [0.1, 0.15) is 52.3 Å². The van der Waals surface area contributed by atoms with Crippen molar-refractivity contribution in [3.8, 4) is 11.6 Å². The number of allylic oxidation sites excluding steroid dienone is 1. The first-order valence-corrected chi connectivity index (χ1v) is 22.0. The van der Waals surface area contributed by atoms with E-state index >= 15 is 0 Å². The Morgan fingerprint density at radius 2 is 1.86 bits per heavy atom. The number of aromatic nitrogens is 1. The van der Waals surface area contributed by atoms with Crippen LogP contribution < -0.4 is 29.7 Å². The van der Waals surface area contributed by atoms with Crippen LogP contribution in [0.5, 0.6) is 11.6 Å². The monoisotopic (exact) mass is 842 g/mol. The number of halogens is 1. The molecule has 0 radical (unpaired) electrons. The average Bonchev–Trinajstić information content (AvgIpc) is 4.08. The second-order valence-corrected chi connectivity index (χ2v) is 19.9. The maximum absolute atomic E-state index is 14.9. The maximum atomic E-state index is 14.9. The lowest BCUT2D eigenvalue weighted by molar-refractivity contribution is -0.142. The van der Waals surface area contributed by atoms with Crippen molar-refractivity contribution in [1.82, 2.24) is 25.2 Å². The van der Waals surface area contributed by atoms with Crippen LogP contribution in [0.25, 0.3) is 10.8 Å². The van der Waals surface area contributed by atoms with E-state index in [1.54, 1.807) is 33.9 Å². The number of benzene rings is 1. The molecule has 1 saturated heterocycles. The Labute approximate surface area is 346 Å². The minimum absolute atomic E-state index is 0.0177. The topological polar surface area (TPSA) is 186 Å². The summed E-state index contributed by atoms with van der Waals surface area (Å²) in [7, 11) is -0.924. The predicted molar refractivity (Wildman–Crippen MR) is 220 cm³/mol. The zero-order chi connectivity index (χ0) is 43.1. The number of carbonyl (C=O) groups is 4. The molecule has 2 aliphatic carbocycles. The van der Waals surface area contributed by atoms with Crippen molar-refractivity contribution >= 4 is 50.4 Å².